The second-order valence-corrected chi connectivity index (χ2v) is 11.0. The van der Waals surface area contributed by atoms with Crippen molar-refractivity contribution in [3.8, 4) is 0 Å². The van der Waals surface area contributed by atoms with E-state index in [1.165, 1.54) is 19.9 Å². The van der Waals surface area contributed by atoms with Gasteiger partial charge < -0.3 is 10.1 Å². The molecule has 0 saturated carbocycles. The standard InChI is InChI=1S/C27H30N4O3S/c32-25-27(24-9-3-4-12-28-24,29-26(33)31(25)17-21-7-5-15-34-21)20-10-13-30(14-11-20)18-22-16-19-6-1-2-8-23(19)35-22/h1-4,6,8-9,12,16,20-21H,5,7,10-11,13-15,17-18H2,(H,29,33)/t21-,27-/m0/s1. The topological polar surface area (TPSA) is 74.8 Å². The number of piperidine rings is 1. The third kappa shape index (κ3) is 4.13. The van der Waals surface area contributed by atoms with Crippen LogP contribution in [0.3, 0.4) is 0 Å². The number of fused-ring (bicyclic) bond motifs is 1. The van der Waals surface area contributed by atoms with E-state index in [1.54, 1.807) is 6.20 Å². The Kier molecular flexibility index (Phi) is 6.04. The Balaban J connectivity index is 1.21. The Morgan fingerprint density at radius 3 is 2.66 bits per heavy atom. The van der Waals surface area contributed by atoms with E-state index in [0.29, 0.717) is 18.8 Å². The maximum Gasteiger partial charge on any atom is 0.325 e. The summed E-state index contributed by atoms with van der Waals surface area (Å²) in [6.07, 6.45) is 5.12. The summed E-state index contributed by atoms with van der Waals surface area (Å²) in [5, 5.41) is 4.41. The van der Waals surface area contributed by atoms with Gasteiger partial charge in [0.1, 0.15) is 0 Å². The number of imide groups is 1. The number of carbonyl (C=O) groups is 2. The molecule has 3 amide bonds. The first kappa shape index (κ1) is 22.6. The molecule has 0 spiro atoms. The highest BCUT2D eigenvalue weighted by Crippen LogP contribution is 2.41. The largest absolute Gasteiger partial charge is 0.376 e. The Hall–Kier alpha value is -2.81. The molecule has 7 nitrogen and oxygen atoms in total. The second kappa shape index (κ2) is 9.33. The van der Waals surface area contributed by atoms with Gasteiger partial charge in [-0.25, -0.2) is 4.79 Å². The number of carbonyl (C=O) groups excluding carboxylic acids is 2. The Morgan fingerprint density at radius 1 is 1.09 bits per heavy atom. The zero-order chi connectivity index (χ0) is 23.8. The molecule has 2 aromatic heterocycles. The predicted octanol–water partition coefficient (Wildman–Crippen LogP) is 4.13. The van der Waals surface area contributed by atoms with E-state index < -0.39 is 5.54 Å². The number of aromatic nitrogens is 1. The molecule has 1 N–H and O–H groups in total. The second-order valence-electron chi connectivity index (χ2n) is 9.80. The van der Waals surface area contributed by atoms with Crippen LogP contribution in [0.4, 0.5) is 4.79 Å². The number of nitrogens with zero attached hydrogens (tertiary/aromatic N) is 3. The third-order valence-electron chi connectivity index (χ3n) is 7.67. The van der Waals surface area contributed by atoms with Crippen LogP contribution in [0.5, 0.6) is 0 Å². The SMILES string of the molecule is O=C1N[C@](c2ccccn2)(C2CCN(Cc3cc4ccccc4s3)CC2)C(=O)N1C[C@@H]1CCCO1. The van der Waals surface area contributed by atoms with Crippen molar-refractivity contribution in [2.45, 2.75) is 43.9 Å². The molecule has 0 unspecified atom stereocenters. The monoisotopic (exact) mass is 490 g/mol. The zero-order valence-corrected chi connectivity index (χ0v) is 20.5. The summed E-state index contributed by atoms with van der Waals surface area (Å²) >= 11 is 1.85. The lowest BCUT2D eigenvalue weighted by Crippen LogP contribution is -2.54. The number of pyridine rings is 1. The molecular weight excluding hydrogens is 460 g/mol. The lowest BCUT2D eigenvalue weighted by Gasteiger charge is -2.40. The molecule has 6 rings (SSSR count). The summed E-state index contributed by atoms with van der Waals surface area (Å²) in [7, 11) is 0. The number of benzene rings is 1. The fraction of sp³-hybridized carbons (Fsp3) is 0.444. The van der Waals surface area contributed by atoms with Crippen molar-refractivity contribution in [1.29, 1.82) is 0 Å². The zero-order valence-electron chi connectivity index (χ0n) is 19.7. The van der Waals surface area contributed by atoms with E-state index in [2.05, 4.69) is 45.5 Å². The first-order valence-corrected chi connectivity index (χ1v) is 13.3. The van der Waals surface area contributed by atoms with Crippen molar-refractivity contribution in [2.75, 3.05) is 26.2 Å². The molecule has 182 valence electrons. The molecule has 3 saturated heterocycles. The lowest BCUT2D eigenvalue weighted by atomic mass is 9.75. The third-order valence-corrected chi connectivity index (χ3v) is 8.77. The van der Waals surface area contributed by atoms with Crippen molar-refractivity contribution in [3.63, 3.8) is 0 Å². The highest BCUT2D eigenvalue weighted by atomic mass is 32.1. The van der Waals surface area contributed by atoms with Gasteiger partial charge in [0.25, 0.3) is 5.91 Å². The smallest absolute Gasteiger partial charge is 0.325 e. The maximum absolute atomic E-state index is 13.9. The summed E-state index contributed by atoms with van der Waals surface area (Å²) < 4.78 is 7.04. The molecule has 2 atom stereocenters. The van der Waals surface area contributed by atoms with Gasteiger partial charge >= 0.3 is 6.03 Å². The van der Waals surface area contributed by atoms with Gasteiger partial charge in [0.2, 0.25) is 0 Å². The summed E-state index contributed by atoms with van der Waals surface area (Å²) in [5.41, 5.74) is -0.475. The number of hydrogen-bond donors (Lipinski definition) is 1. The predicted molar refractivity (Wildman–Crippen MR) is 135 cm³/mol. The van der Waals surface area contributed by atoms with E-state index in [1.807, 2.05) is 29.5 Å². The van der Waals surface area contributed by atoms with Crippen molar-refractivity contribution in [2.24, 2.45) is 5.92 Å². The van der Waals surface area contributed by atoms with E-state index in [0.717, 1.165) is 45.3 Å². The van der Waals surface area contributed by atoms with Crippen molar-refractivity contribution >= 4 is 33.4 Å². The van der Waals surface area contributed by atoms with Gasteiger partial charge in [0, 0.05) is 28.9 Å². The normalized spacial score (nSPS) is 26.1. The average molecular weight is 491 g/mol. The minimum atomic E-state index is -1.11. The quantitative estimate of drug-likeness (QED) is 0.526. The van der Waals surface area contributed by atoms with Gasteiger partial charge in [-0.3, -0.25) is 19.6 Å². The van der Waals surface area contributed by atoms with E-state index in [9.17, 15) is 9.59 Å². The Bertz CT molecular complexity index is 1180. The number of urea groups is 1. The first-order valence-electron chi connectivity index (χ1n) is 12.5. The molecule has 3 aromatic rings. The van der Waals surface area contributed by atoms with E-state index in [4.69, 9.17) is 4.74 Å². The Labute approximate surface area is 209 Å². The average Bonchev–Trinajstić information content (AvgIpc) is 3.60. The number of hydrogen-bond acceptors (Lipinski definition) is 6. The van der Waals surface area contributed by atoms with E-state index >= 15 is 0 Å². The van der Waals surface area contributed by atoms with Crippen molar-refractivity contribution in [1.82, 2.24) is 20.1 Å². The first-order chi connectivity index (χ1) is 17.1. The Morgan fingerprint density at radius 2 is 1.91 bits per heavy atom. The van der Waals surface area contributed by atoms with Crippen LogP contribution in [0.25, 0.3) is 10.1 Å². The molecule has 8 heteroatoms. The molecule has 0 radical (unpaired) electrons. The van der Waals surface area contributed by atoms with Gasteiger partial charge in [-0.15, -0.1) is 11.3 Å². The highest BCUT2D eigenvalue weighted by Gasteiger charge is 2.58. The van der Waals surface area contributed by atoms with Crippen molar-refractivity contribution in [3.05, 3.63) is 65.3 Å². The van der Waals surface area contributed by atoms with Crippen LogP contribution < -0.4 is 5.32 Å². The molecule has 3 fully saturated rings. The number of amides is 3. The van der Waals surface area contributed by atoms with Crippen LogP contribution in [0, 0.1) is 5.92 Å². The van der Waals surface area contributed by atoms with Crippen LogP contribution in [0.1, 0.15) is 36.3 Å². The van der Waals surface area contributed by atoms with Crippen LogP contribution in [-0.2, 0) is 21.6 Å². The van der Waals surface area contributed by atoms with Gasteiger partial charge in [-0.05, 0) is 74.3 Å². The minimum absolute atomic E-state index is 0.0120. The molecular formula is C27H30N4O3S. The molecule has 1 aromatic carbocycles. The number of ether oxygens (including phenoxy) is 1. The number of likely N-dealkylation sites (tertiary alicyclic amines) is 1. The number of thiophene rings is 1. The summed E-state index contributed by atoms with van der Waals surface area (Å²) in [6, 6.07) is 16.1. The molecule has 0 aliphatic carbocycles. The fourth-order valence-corrected chi connectivity index (χ4v) is 6.97. The molecule has 5 heterocycles. The molecule has 3 aliphatic rings. The lowest BCUT2D eigenvalue weighted by molar-refractivity contribution is -0.135. The van der Waals surface area contributed by atoms with Crippen LogP contribution in [-0.4, -0.2) is 59.1 Å². The van der Waals surface area contributed by atoms with Crippen LogP contribution in [0.15, 0.2) is 54.7 Å². The highest BCUT2D eigenvalue weighted by molar-refractivity contribution is 7.19. The van der Waals surface area contributed by atoms with Crippen LogP contribution >= 0.6 is 11.3 Å². The minimum Gasteiger partial charge on any atom is -0.376 e. The molecule has 35 heavy (non-hydrogen) atoms. The number of rotatable bonds is 6. The number of nitrogens with one attached hydrogen (secondary N) is 1. The summed E-state index contributed by atoms with van der Waals surface area (Å²) in [5.74, 6) is -0.193. The van der Waals surface area contributed by atoms with Crippen LogP contribution in [0.2, 0.25) is 0 Å². The fourth-order valence-electron chi connectivity index (χ4n) is 5.87. The van der Waals surface area contributed by atoms with Gasteiger partial charge in [0.15, 0.2) is 5.54 Å². The summed E-state index contributed by atoms with van der Waals surface area (Å²) in [6.45, 7) is 3.67. The van der Waals surface area contributed by atoms with Gasteiger partial charge in [0.05, 0.1) is 18.3 Å². The molecule has 0 bridgehead atoms. The summed E-state index contributed by atoms with van der Waals surface area (Å²) in [4.78, 5) is 36.8. The van der Waals surface area contributed by atoms with Crippen molar-refractivity contribution < 1.29 is 14.3 Å². The van der Waals surface area contributed by atoms with E-state index in [-0.39, 0.29) is 24.0 Å². The molecule has 3 aliphatic heterocycles. The maximum atomic E-state index is 13.9. The van der Waals surface area contributed by atoms with Gasteiger partial charge in [-0.2, -0.15) is 0 Å². The van der Waals surface area contributed by atoms with Gasteiger partial charge in [-0.1, -0.05) is 24.3 Å².